The van der Waals surface area contributed by atoms with E-state index in [-0.39, 0.29) is 0 Å². The van der Waals surface area contributed by atoms with Gasteiger partial charge in [0.15, 0.2) is 5.11 Å². The van der Waals surface area contributed by atoms with Crippen LogP contribution in [-0.2, 0) is 0 Å². The van der Waals surface area contributed by atoms with Crippen LogP contribution < -0.4 is 10.6 Å². The van der Waals surface area contributed by atoms with Gasteiger partial charge in [0.05, 0.1) is 0 Å². The van der Waals surface area contributed by atoms with Crippen molar-refractivity contribution in [1.82, 2.24) is 10.3 Å². The second kappa shape index (κ2) is 7.20. The summed E-state index contributed by atoms with van der Waals surface area (Å²) in [5.74, 6) is 0.798. The van der Waals surface area contributed by atoms with Crippen molar-refractivity contribution in [2.75, 3.05) is 5.32 Å². The first-order chi connectivity index (χ1) is 9.15. The van der Waals surface area contributed by atoms with Crippen LogP contribution >= 0.6 is 28.1 Å². The Bertz CT molecular complexity index is 442. The molecule has 1 aromatic heterocycles. The molecule has 104 valence electrons. The summed E-state index contributed by atoms with van der Waals surface area (Å²) in [6.07, 6.45) is 9.54. The molecule has 0 aliphatic heterocycles. The normalized spacial score (nSPS) is 16.7. The second-order valence-corrected chi connectivity index (χ2v) is 6.37. The van der Waals surface area contributed by atoms with Crippen molar-refractivity contribution in [2.24, 2.45) is 0 Å². The van der Waals surface area contributed by atoms with Gasteiger partial charge in [-0.05, 0) is 59.5 Å². The Morgan fingerprint density at radius 3 is 2.63 bits per heavy atom. The van der Waals surface area contributed by atoms with E-state index in [0.717, 1.165) is 15.9 Å². The zero-order valence-electron chi connectivity index (χ0n) is 11.2. The number of halogens is 1. The Kier molecular flexibility index (Phi) is 5.58. The topological polar surface area (TPSA) is 37.0 Å². The summed E-state index contributed by atoms with van der Waals surface area (Å²) in [5, 5.41) is 7.26. The summed E-state index contributed by atoms with van der Waals surface area (Å²) in [4.78, 5) is 4.31. The molecule has 1 aliphatic rings. The quantitative estimate of drug-likeness (QED) is 0.625. The molecular formula is C14H20BrN3S. The molecule has 1 heterocycles. The number of hydrogen-bond donors (Lipinski definition) is 2. The maximum absolute atomic E-state index is 5.36. The van der Waals surface area contributed by atoms with Crippen molar-refractivity contribution < 1.29 is 0 Å². The van der Waals surface area contributed by atoms with Gasteiger partial charge >= 0.3 is 0 Å². The molecule has 1 saturated carbocycles. The van der Waals surface area contributed by atoms with Gasteiger partial charge in [-0.15, -0.1) is 0 Å². The first-order valence-corrected chi connectivity index (χ1v) is 8.05. The van der Waals surface area contributed by atoms with Crippen molar-refractivity contribution >= 4 is 39.1 Å². The third-order valence-electron chi connectivity index (χ3n) is 3.48. The van der Waals surface area contributed by atoms with E-state index >= 15 is 0 Å². The first-order valence-electron chi connectivity index (χ1n) is 6.85. The highest BCUT2D eigenvalue weighted by atomic mass is 79.9. The average molecular weight is 342 g/mol. The van der Waals surface area contributed by atoms with E-state index in [1.54, 1.807) is 6.20 Å². The van der Waals surface area contributed by atoms with Crippen molar-refractivity contribution in [3.63, 3.8) is 0 Å². The minimum atomic E-state index is 0.513. The lowest BCUT2D eigenvalue weighted by atomic mass is 10.1. The molecular weight excluding hydrogens is 322 g/mol. The summed E-state index contributed by atoms with van der Waals surface area (Å²) in [6, 6.07) is 2.50. The number of hydrogen-bond acceptors (Lipinski definition) is 2. The summed E-state index contributed by atoms with van der Waals surface area (Å²) in [6.45, 7) is 2.04. The third kappa shape index (κ3) is 4.73. The lowest BCUT2D eigenvalue weighted by Gasteiger charge is -2.18. The van der Waals surface area contributed by atoms with Crippen molar-refractivity contribution in [3.8, 4) is 0 Å². The predicted octanol–water partition coefficient (Wildman–Crippen LogP) is 4.16. The molecule has 0 radical (unpaired) electrons. The van der Waals surface area contributed by atoms with Gasteiger partial charge in [-0.25, -0.2) is 4.98 Å². The van der Waals surface area contributed by atoms with Crippen LogP contribution in [0, 0.1) is 6.92 Å². The van der Waals surface area contributed by atoms with E-state index in [9.17, 15) is 0 Å². The van der Waals surface area contributed by atoms with Crippen LogP contribution in [0.25, 0.3) is 0 Å². The number of aromatic nitrogens is 1. The second-order valence-electron chi connectivity index (χ2n) is 5.11. The molecule has 2 rings (SSSR count). The maximum atomic E-state index is 5.36. The lowest BCUT2D eigenvalue weighted by molar-refractivity contribution is 0.535. The van der Waals surface area contributed by atoms with Gasteiger partial charge in [0.1, 0.15) is 5.82 Å². The number of anilines is 1. The highest BCUT2D eigenvalue weighted by molar-refractivity contribution is 9.10. The fourth-order valence-electron chi connectivity index (χ4n) is 2.37. The molecule has 0 aromatic carbocycles. The first kappa shape index (κ1) is 14.7. The minimum absolute atomic E-state index is 0.513. The Hall–Kier alpha value is -0.680. The molecule has 0 unspecified atom stereocenters. The molecule has 3 nitrogen and oxygen atoms in total. The Labute approximate surface area is 128 Å². The number of nitrogens with zero attached hydrogens (tertiary/aromatic N) is 1. The fraction of sp³-hybridized carbons (Fsp3) is 0.571. The number of aryl methyl sites for hydroxylation is 1. The number of thiocarbonyl (C=S) groups is 1. The molecule has 0 bridgehead atoms. The predicted molar refractivity (Wildman–Crippen MR) is 87.5 cm³/mol. The number of nitrogens with one attached hydrogen (secondary N) is 2. The van der Waals surface area contributed by atoms with Crippen LogP contribution in [0.1, 0.15) is 44.1 Å². The van der Waals surface area contributed by atoms with Gasteiger partial charge in [0, 0.05) is 16.7 Å². The van der Waals surface area contributed by atoms with E-state index in [1.165, 1.54) is 38.5 Å². The summed E-state index contributed by atoms with van der Waals surface area (Å²) >= 11 is 8.81. The summed E-state index contributed by atoms with van der Waals surface area (Å²) < 4.78 is 1.01. The Morgan fingerprint density at radius 1 is 1.32 bits per heavy atom. The third-order valence-corrected chi connectivity index (χ3v) is 4.53. The molecule has 0 spiro atoms. The van der Waals surface area contributed by atoms with Gasteiger partial charge in [-0.1, -0.05) is 25.7 Å². The number of pyridine rings is 1. The minimum Gasteiger partial charge on any atom is -0.360 e. The van der Waals surface area contributed by atoms with E-state index in [2.05, 4.69) is 31.5 Å². The van der Waals surface area contributed by atoms with Crippen molar-refractivity contribution in [1.29, 1.82) is 0 Å². The monoisotopic (exact) mass is 341 g/mol. The lowest BCUT2D eigenvalue weighted by Crippen LogP contribution is -2.37. The van der Waals surface area contributed by atoms with Crippen LogP contribution in [-0.4, -0.2) is 16.1 Å². The zero-order valence-corrected chi connectivity index (χ0v) is 13.6. The summed E-state index contributed by atoms with van der Waals surface area (Å²) in [5.41, 5.74) is 1.15. The number of rotatable bonds is 2. The Balaban J connectivity index is 1.87. The zero-order chi connectivity index (χ0) is 13.7. The molecule has 0 amide bonds. The standard InChI is InChI=1S/C14H20BrN3S/c1-10-8-13(16-9-12(10)15)18-14(19)17-11-6-4-2-3-5-7-11/h8-9,11H,2-7H2,1H3,(H2,16,17,18,19). The maximum Gasteiger partial charge on any atom is 0.172 e. The van der Waals surface area contributed by atoms with E-state index in [0.29, 0.717) is 11.2 Å². The highest BCUT2D eigenvalue weighted by Gasteiger charge is 2.13. The van der Waals surface area contributed by atoms with Crippen LogP contribution in [0.3, 0.4) is 0 Å². The van der Waals surface area contributed by atoms with Crippen LogP contribution in [0.15, 0.2) is 16.7 Å². The SMILES string of the molecule is Cc1cc(NC(=S)NC2CCCCCC2)ncc1Br. The smallest absolute Gasteiger partial charge is 0.172 e. The molecule has 1 aromatic rings. The van der Waals surface area contributed by atoms with Gasteiger partial charge < -0.3 is 10.6 Å². The van der Waals surface area contributed by atoms with Crippen LogP contribution in [0.2, 0.25) is 0 Å². The van der Waals surface area contributed by atoms with Gasteiger partial charge in [0.25, 0.3) is 0 Å². The fourth-order valence-corrected chi connectivity index (χ4v) is 2.86. The van der Waals surface area contributed by atoms with Crippen molar-refractivity contribution in [2.45, 2.75) is 51.5 Å². The largest absolute Gasteiger partial charge is 0.360 e. The van der Waals surface area contributed by atoms with E-state index < -0.39 is 0 Å². The van der Waals surface area contributed by atoms with Gasteiger partial charge in [-0.3, -0.25) is 0 Å². The molecule has 1 fully saturated rings. The molecule has 2 N–H and O–H groups in total. The Morgan fingerprint density at radius 2 is 2.00 bits per heavy atom. The van der Waals surface area contributed by atoms with Gasteiger partial charge in [-0.2, -0.15) is 0 Å². The molecule has 0 saturated heterocycles. The van der Waals surface area contributed by atoms with Crippen LogP contribution in [0.5, 0.6) is 0 Å². The highest BCUT2D eigenvalue weighted by Crippen LogP contribution is 2.19. The average Bonchev–Trinajstić information content (AvgIpc) is 2.62. The van der Waals surface area contributed by atoms with E-state index in [4.69, 9.17) is 12.2 Å². The van der Waals surface area contributed by atoms with Crippen molar-refractivity contribution in [3.05, 3.63) is 22.3 Å². The van der Waals surface area contributed by atoms with E-state index in [1.807, 2.05) is 13.0 Å². The molecule has 5 heteroatoms. The summed E-state index contributed by atoms with van der Waals surface area (Å²) in [7, 11) is 0. The molecule has 19 heavy (non-hydrogen) atoms. The van der Waals surface area contributed by atoms with Gasteiger partial charge in [0.2, 0.25) is 0 Å². The molecule has 0 atom stereocenters. The molecule has 1 aliphatic carbocycles. The van der Waals surface area contributed by atoms with Crippen LogP contribution in [0.4, 0.5) is 5.82 Å².